The minimum absolute atomic E-state index is 0. The highest BCUT2D eigenvalue weighted by Gasteiger charge is 2.32. The summed E-state index contributed by atoms with van der Waals surface area (Å²) in [6.07, 6.45) is 2.10. The smallest absolute Gasteiger partial charge is 0.255 e. The number of nitrogens with one attached hydrogen (secondary N) is 1. The molecular weight excluding hydrogens is 378 g/mol. The lowest BCUT2D eigenvalue weighted by molar-refractivity contribution is 0.0930. The number of rotatable bonds is 9. The molecule has 148 valence electrons. The Bertz CT molecular complexity index is 719. The lowest BCUT2D eigenvalue weighted by Gasteiger charge is -2.20. The van der Waals surface area contributed by atoms with E-state index in [1.54, 1.807) is 13.8 Å². The van der Waals surface area contributed by atoms with Crippen LogP contribution in [0.2, 0.25) is 0 Å². The summed E-state index contributed by atoms with van der Waals surface area (Å²) >= 11 is 0. The second-order valence-electron chi connectivity index (χ2n) is 6.10. The number of ether oxygens (including phenoxy) is 1. The number of hydrogen-bond donors (Lipinski definition) is 2. The highest BCUT2D eigenvalue weighted by molar-refractivity contribution is 7.89. The third kappa shape index (κ3) is 4.88. The summed E-state index contributed by atoms with van der Waals surface area (Å²) in [6, 6.07) is 4.26. The maximum absolute atomic E-state index is 12.7. The van der Waals surface area contributed by atoms with Crippen LogP contribution in [0.5, 0.6) is 5.75 Å². The van der Waals surface area contributed by atoms with Crippen molar-refractivity contribution in [3.05, 3.63) is 23.8 Å². The first kappa shape index (κ1) is 22.7. The standard InChI is InChI=1S/C17H27N3O4S.ClH/c1-4-20(5-2)25(22,23)13-8-9-16(24-3)14(10-13)17(21)19-15(11-18)12-6-7-12;/h8-10,12,15H,4-7,11,18H2,1-3H3,(H,19,21);1H. The Morgan fingerprint density at radius 2 is 1.96 bits per heavy atom. The van der Waals surface area contributed by atoms with Gasteiger partial charge in [0.25, 0.3) is 5.91 Å². The van der Waals surface area contributed by atoms with Crippen molar-refractivity contribution < 1.29 is 17.9 Å². The number of methoxy groups -OCH3 is 1. The van der Waals surface area contributed by atoms with Gasteiger partial charge in [-0.25, -0.2) is 8.42 Å². The maximum Gasteiger partial charge on any atom is 0.255 e. The summed E-state index contributed by atoms with van der Waals surface area (Å²) in [7, 11) is -2.20. The van der Waals surface area contributed by atoms with E-state index in [9.17, 15) is 13.2 Å². The summed E-state index contributed by atoms with van der Waals surface area (Å²) < 4.78 is 32.0. The number of sulfonamides is 1. The maximum atomic E-state index is 12.7. The molecule has 0 spiro atoms. The number of carbonyl (C=O) groups excluding carboxylic acids is 1. The van der Waals surface area contributed by atoms with Crippen LogP contribution in [0, 0.1) is 5.92 Å². The Balaban J connectivity index is 0.00000338. The minimum atomic E-state index is -3.65. The van der Waals surface area contributed by atoms with E-state index >= 15 is 0 Å². The van der Waals surface area contributed by atoms with Gasteiger partial charge in [-0.05, 0) is 37.0 Å². The second-order valence-corrected chi connectivity index (χ2v) is 8.04. The Hall–Kier alpha value is -1.35. The van der Waals surface area contributed by atoms with Crippen LogP contribution < -0.4 is 15.8 Å². The molecule has 9 heteroatoms. The van der Waals surface area contributed by atoms with Crippen molar-refractivity contribution >= 4 is 28.3 Å². The van der Waals surface area contributed by atoms with E-state index in [0.29, 0.717) is 31.3 Å². The van der Waals surface area contributed by atoms with Gasteiger partial charge in [0.2, 0.25) is 10.0 Å². The topological polar surface area (TPSA) is 102 Å². The highest BCUT2D eigenvalue weighted by atomic mass is 35.5. The van der Waals surface area contributed by atoms with Crippen LogP contribution in [0.3, 0.4) is 0 Å². The predicted molar refractivity (Wildman–Crippen MR) is 103 cm³/mol. The first-order valence-corrected chi connectivity index (χ1v) is 10.0. The molecule has 0 heterocycles. The quantitative estimate of drug-likeness (QED) is 0.649. The number of benzene rings is 1. The van der Waals surface area contributed by atoms with Gasteiger partial charge in [0.1, 0.15) is 5.75 Å². The van der Waals surface area contributed by atoms with Crippen LogP contribution in [0.25, 0.3) is 0 Å². The molecule has 1 amide bonds. The van der Waals surface area contributed by atoms with Crippen LogP contribution in [0.4, 0.5) is 0 Å². The Labute approximate surface area is 161 Å². The summed E-state index contributed by atoms with van der Waals surface area (Å²) in [6.45, 7) is 4.64. The Morgan fingerprint density at radius 1 is 1.35 bits per heavy atom. The summed E-state index contributed by atoms with van der Waals surface area (Å²) in [5.41, 5.74) is 5.94. The van der Waals surface area contributed by atoms with E-state index in [1.807, 2.05) is 0 Å². The fourth-order valence-corrected chi connectivity index (χ4v) is 4.34. The van der Waals surface area contributed by atoms with Gasteiger partial charge < -0.3 is 15.8 Å². The van der Waals surface area contributed by atoms with Crippen molar-refractivity contribution in [3.63, 3.8) is 0 Å². The molecule has 1 aromatic carbocycles. The average molecular weight is 406 g/mol. The predicted octanol–water partition coefficient (Wildman–Crippen LogP) is 1.61. The van der Waals surface area contributed by atoms with Crippen LogP contribution in [-0.4, -0.2) is 51.4 Å². The van der Waals surface area contributed by atoms with Crippen LogP contribution >= 0.6 is 12.4 Å². The molecule has 1 aliphatic carbocycles. The van der Waals surface area contributed by atoms with E-state index in [4.69, 9.17) is 10.5 Å². The molecule has 0 aromatic heterocycles. The van der Waals surface area contributed by atoms with Crippen LogP contribution in [0.1, 0.15) is 37.0 Å². The van der Waals surface area contributed by atoms with Crippen molar-refractivity contribution in [3.8, 4) is 5.75 Å². The monoisotopic (exact) mass is 405 g/mol. The zero-order valence-corrected chi connectivity index (χ0v) is 17.0. The summed E-state index contributed by atoms with van der Waals surface area (Å²) in [5.74, 6) is 0.376. The van der Waals surface area contributed by atoms with E-state index in [-0.39, 0.29) is 34.8 Å². The van der Waals surface area contributed by atoms with Crippen molar-refractivity contribution in [1.82, 2.24) is 9.62 Å². The molecule has 0 bridgehead atoms. The van der Waals surface area contributed by atoms with Gasteiger partial charge in [0.05, 0.1) is 17.6 Å². The molecule has 0 saturated heterocycles. The average Bonchev–Trinajstić information content (AvgIpc) is 3.44. The lowest BCUT2D eigenvalue weighted by atomic mass is 10.1. The van der Waals surface area contributed by atoms with Crippen LogP contribution in [0.15, 0.2) is 23.1 Å². The SMILES string of the molecule is CCN(CC)S(=O)(=O)c1ccc(OC)c(C(=O)NC(CN)C2CC2)c1.Cl. The van der Waals surface area contributed by atoms with E-state index in [2.05, 4.69) is 5.32 Å². The third-order valence-corrected chi connectivity index (χ3v) is 6.57. The van der Waals surface area contributed by atoms with Gasteiger partial charge >= 0.3 is 0 Å². The summed E-state index contributed by atoms with van der Waals surface area (Å²) in [4.78, 5) is 12.7. The van der Waals surface area contributed by atoms with Gasteiger partial charge in [0, 0.05) is 25.7 Å². The van der Waals surface area contributed by atoms with Crippen LogP contribution in [-0.2, 0) is 10.0 Å². The zero-order valence-electron chi connectivity index (χ0n) is 15.4. The molecule has 0 aliphatic heterocycles. The normalized spacial score (nSPS) is 15.3. The minimum Gasteiger partial charge on any atom is -0.496 e. The molecule has 3 N–H and O–H groups in total. The Morgan fingerprint density at radius 3 is 2.42 bits per heavy atom. The van der Waals surface area contributed by atoms with Gasteiger partial charge in [-0.1, -0.05) is 13.8 Å². The fraction of sp³-hybridized carbons (Fsp3) is 0.588. The molecule has 1 saturated carbocycles. The molecule has 2 rings (SSSR count). The molecule has 1 aliphatic rings. The van der Waals surface area contributed by atoms with E-state index in [1.165, 1.54) is 29.6 Å². The van der Waals surface area contributed by atoms with Gasteiger partial charge in [-0.15, -0.1) is 12.4 Å². The van der Waals surface area contributed by atoms with E-state index in [0.717, 1.165) is 12.8 Å². The Kier molecular flexibility index (Phi) is 8.33. The highest BCUT2D eigenvalue weighted by Crippen LogP contribution is 2.32. The van der Waals surface area contributed by atoms with Crippen molar-refractivity contribution in [2.45, 2.75) is 37.6 Å². The number of halogens is 1. The number of hydrogen-bond acceptors (Lipinski definition) is 5. The second kappa shape index (κ2) is 9.55. The lowest BCUT2D eigenvalue weighted by Crippen LogP contribution is -2.42. The number of nitrogens with two attached hydrogens (primary N) is 1. The largest absolute Gasteiger partial charge is 0.496 e. The first-order chi connectivity index (χ1) is 11.9. The third-order valence-electron chi connectivity index (χ3n) is 4.52. The molecule has 1 aromatic rings. The number of amides is 1. The number of nitrogens with zero attached hydrogens (tertiary/aromatic N) is 1. The molecular formula is C17H28ClN3O4S. The van der Waals surface area contributed by atoms with Crippen molar-refractivity contribution in [2.75, 3.05) is 26.7 Å². The van der Waals surface area contributed by atoms with Gasteiger partial charge in [-0.2, -0.15) is 4.31 Å². The molecule has 1 fully saturated rings. The van der Waals surface area contributed by atoms with Gasteiger partial charge in [-0.3, -0.25) is 4.79 Å². The fourth-order valence-electron chi connectivity index (χ4n) is 2.85. The molecule has 7 nitrogen and oxygen atoms in total. The summed E-state index contributed by atoms with van der Waals surface area (Å²) in [5, 5.41) is 2.90. The molecule has 1 atom stereocenters. The van der Waals surface area contributed by atoms with E-state index < -0.39 is 10.0 Å². The van der Waals surface area contributed by atoms with Gasteiger partial charge in [0.15, 0.2) is 0 Å². The molecule has 26 heavy (non-hydrogen) atoms. The molecule has 0 radical (unpaired) electrons. The van der Waals surface area contributed by atoms with Crippen molar-refractivity contribution in [2.24, 2.45) is 11.7 Å². The zero-order chi connectivity index (χ0) is 18.6. The first-order valence-electron chi connectivity index (χ1n) is 8.58. The van der Waals surface area contributed by atoms with Crippen molar-refractivity contribution in [1.29, 1.82) is 0 Å². The number of carbonyl (C=O) groups is 1. The molecule has 1 unspecified atom stereocenters.